The van der Waals surface area contributed by atoms with Crippen molar-refractivity contribution in [3.63, 3.8) is 0 Å². The van der Waals surface area contributed by atoms with Crippen LogP contribution >= 0.6 is 0 Å². The molecule has 392 valence electrons. The lowest BCUT2D eigenvalue weighted by Gasteiger charge is -2.36. The highest BCUT2D eigenvalue weighted by molar-refractivity contribution is 6.10. The van der Waals surface area contributed by atoms with Crippen LogP contribution in [0.4, 0.5) is 11.4 Å². The molecule has 0 radical (unpaired) electrons. The average Bonchev–Trinajstić information content (AvgIpc) is 1.97. The molecule has 15 rings (SSSR count). The second-order valence-corrected chi connectivity index (χ2v) is 21.8. The van der Waals surface area contributed by atoms with Gasteiger partial charge in [-0.25, -0.2) is 4.52 Å². The topological polar surface area (TPSA) is 20.5 Å². The monoisotopic (exact) mass is 1060 g/mol. The Kier molecular flexibility index (Phi) is 12.0. The Morgan fingerprint density at radius 3 is 1.47 bits per heavy atom. The van der Waals surface area contributed by atoms with Gasteiger partial charge in [-0.1, -0.05) is 292 Å². The molecule has 0 fully saturated rings. The van der Waals surface area contributed by atoms with Crippen molar-refractivity contribution in [3.8, 4) is 44.8 Å². The first-order valence-electron chi connectivity index (χ1n) is 28.7. The Morgan fingerprint density at radius 2 is 0.904 bits per heavy atom. The zero-order valence-electron chi connectivity index (χ0n) is 46.1. The van der Waals surface area contributed by atoms with E-state index in [4.69, 9.17) is 5.10 Å². The lowest BCUT2D eigenvalue weighted by Crippen LogP contribution is -2.30. The number of hydrogen-bond donors (Lipinski definition) is 0. The van der Waals surface area contributed by atoms with Crippen molar-refractivity contribution in [3.05, 3.63) is 378 Å². The van der Waals surface area contributed by atoms with Crippen LogP contribution in [0.3, 0.4) is 0 Å². The number of anilines is 2. The molecule has 83 heavy (non-hydrogen) atoms. The number of fused-ring (bicyclic) bond motifs is 7. The summed E-state index contributed by atoms with van der Waals surface area (Å²) < 4.78 is 2.19. The van der Waals surface area contributed by atoms with Gasteiger partial charge in [0.15, 0.2) is 0 Å². The van der Waals surface area contributed by atoms with E-state index < -0.39 is 10.8 Å². The van der Waals surface area contributed by atoms with Gasteiger partial charge in [-0.05, 0) is 109 Å². The molecule has 0 N–H and O–H groups in total. The summed E-state index contributed by atoms with van der Waals surface area (Å²) in [6, 6.07) is 111. The van der Waals surface area contributed by atoms with Crippen LogP contribution in [-0.2, 0) is 10.8 Å². The van der Waals surface area contributed by atoms with Crippen molar-refractivity contribution >= 4 is 33.2 Å². The van der Waals surface area contributed by atoms with Crippen molar-refractivity contribution in [1.29, 1.82) is 0 Å². The largest absolute Gasteiger partial charge is 0.314 e. The summed E-state index contributed by atoms with van der Waals surface area (Å²) in [4.78, 5) is 2.54. The molecule has 3 heteroatoms. The molecule has 11 aromatic carbocycles. The van der Waals surface area contributed by atoms with Crippen LogP contribution in [0.1, 0.15) is 51.4 Å². The highest BCUT2D eigenvalue weighted by Gasteiger charge is 2.49. The fourth-order valence-corrected chi connectivity index (χ4v) is 14.1. The number of nitrogens with zero attached hydrogens (tertiary/aromatic N) is 3. The van der Waals surface area contributed by atoms with Gasteiger partial charge in [-0.15, -0.1) is 0 Å². The number of benzene rings is 11. The van der Waals surface area contributed by atoms with Crippen LogP contribution in [0.2, 0.25) is 0 Å². The lowest BCUT2D eigenvalue weighted by molar-refractivity contribution is 0.759. The third kappa shape index (κ3) is 7.62. The molecular formula is C80H57N3. The summed E-state index contributed by atoms with van der Waals surface area (Å²) >= 11 is 0. The quantitative estimate of drug-likeness (QED) is 0.122. The van der Waals surface area contributed by atoms with E-state index in [2.05, 4.69) is 338 Å². The van der Waals surface area contributed by atoms with E-state index in [1.807, 2.05) is 0 Å². The predicted molar refractivity (Wildman–Crippen MR) is 345 cm³/mol. The number of pyridine rings is 1. The van der Waals surface area contributed by atoms with Gasteiger partial charge in [-0.3, -0.25) is 0 Å². The SMILES string of the molecule is C=CC1=C(/C=C(\C)N(c2ccc3c(c2)cc(-c2ccccc2)n2nc(-c4ccccc4)c(-c4ccccc4)c32)c2cccc3c2-c2ccccc2C3(c2ccccc2)c2ccccc2)C(c2ccccc2)(c2ccccc2)c2ccccc21. The second kappa shape index (κ2) is 20.2. The van der Waals surface area contributed by atoms with E-state index in [-0.39, 0.29) is 0 Å². The lowest BCUT2D eigenvalue weighted by atomic mass is 9.66. The first-order chi connectivity index (χ1) is 41.1. The third-order valence-electron chi connectivity index (χ3n) is 17.5. The highest BCUT2D eigenvalue weighted by Crippen LogP contribution is 2.60. The van der Waals surface area contributed by atoms with Crippen molar-refractivity contribution < 1.29 is 0 Å². The zero-order valence-corrected chi connectivity index (χ0v) is 46.1. The molecule has 2 aliphatic rings. The second-order valence-electron chi connectivity index (χ2n) is 21.8. The highest BCUT2D eigenvalue weighted by atomic mass is 15.2. The molecular weight excluding hydrogens is 1000 g/mol. The summed E-state index contributed by atoms with van der Waals surface area (Å²) in [5, 5.41) is 7.78. The number of allylic oxidation sites excluding steroid dienone is 5. The van der Waals surface area contributed by atoms with Gasteiger partial charge >= 0.3 is 0 Å². The standard InChI is InChI=1S/C80H57N3/c1-3-65-67-44-25-27-46-69(67)80(62-40-21-9-22-41-62,63-42-23-10-24-43-63)72(65)52-55(2)82(73-49-29-48-71-76(73)68-45-26-28-47-70(68)79(71,60-36-17-7-18-37-60)61-38-19-8-20-39-61)64-50-51-66-59(53-64)54-74(56-30-11-4-12-31-56)83-78(66)75(57-32-13-5-14-33-57)77(81-83)58-34-15-6-16-35-58/h3-54H,1H2,2H3/b55-52+. The minimum Gasteiger partial charge on any atom is -0.314 e. The molecule has 2 aliphatic carbocycles. The van der Waals surface area contributed by atoms with Crippen LogP contribution in [0.15, 0.2) is 333 Å². The maximum absolute atomic E-state index is 5.58. The molecule has 2 heterocycles. The molecule has 0 amide bonds. The molecule has 0 spiro atoms. The van der Waals surface area contributed by atoms with Crippen LogP contribution in [0.5, 0.6) is 0 Å². The van der Waals surface area contributed by atoms with E-state index >= 15 is 0 Å². The summed E-state index contributed by atoms with van der Waals surface area (Å²) in [6.07, 6.45) is 4.55. The minimum absolute atomic E-state index is 0.610. The molecule has 0 bridgehead atoms. The van der Waals surface area contributed by atoms with Crippen LogP contribution in [0.25, 0.3) is 66.6 Å². The van der Waals surface area contributed by atoms with Gasteiger partial charge in [-0.2, -0.15) is 5.10 Å². The fourth-order valence-electron chi connectivity index (χ4n) is 14.1. The Balaban J connectivity index is 1.06. The fraction of sp³-hybridized carbons (Fsp3) is 0.0375. The normalized spacial score (nSPS) is 13.9. The minimum atomic E-state index is -0.678. The van der Waals surface area contributed by atoms with E-state index in [0.717, 1.165) is 72.6 Å². The van der Waals surface area contributed by atoms with Crippen LogP contribution in [0, 0.1) is 0 Å². The van der Waals surface area contributed by atoms with Gasteiger partial charge < -0.3 is 4.90 Å². The molecule has 0 unspecified atom stereocenters. The van der Waals surface area contributed by atoms with E-state index in [1.165, 1.54) is 61.2 Å². The molecule has 0 atom stereocenters. The van der Waals surface area contributed by atoms with E-state index in [0.29, 0.717) is 0 Å². The van der Waals surface area contributed by atoms with Gasteiger partial charge in [0.1, 0.15) is 5.69 Å². The average molecular weight is 1060 g/mol. The Morgan fingerprint density at radius 1 is 0.434 bits per heavy atom. The zero-order chi connectivity index (χ0) is 55.5. The van der Waals surface area contributed by atoms with Gasteiger partial charge in [0, 0.05) is 39.0 Å². The Hall–Kier alpha value is -10.6. The van der Waals surface area contributed by atoms with Crippen molar-refractivity contribution in [2.75, 3.05) is 4.90 Å². The predicted octanol–water partition coefficient (Wildman–Crippen LogP) is 19.9. The summed E-state index contributed by atoms with van der Waals surface area (Å²) in [5.74, 6) is 0. The van der Waals surface area contributed by atoms with Crippen molar-refractivity contribution in [2.24, 2.45) is 0 Å². The van der Waals surface area contributed by atoms with E-state index in [9.17, 15) is 0 Å². The molecule has 2 aromatic heterocycles. The Labute approximate surface area is 485 Å². The van der Waals surface area contributed by atoms with Crippen molar-refractivity contribution in [1.82, 2.24) is 9.61 Å². The summed E-state index contributed by atoms with van der Waals surface area (Å²) in [7, 11) is 0. The third-order valence-corrected chi connectivity index (χ3v) is 17.5. The number of hydrogen-bond acceptors (Lipinski definition) is 2. The smallest absolute Gasteiger partial charge is 0.101 e. The molecule has 0 saturated carbocycles. The maximum Gasteiger partial charge on any atom is 0.101 e. The number of aromatic nitrogens is 2. The first kappa shape index (κ1) is 49.4. The van der Waals surface area contributed by atoms with Crippen LogP contribution < -0.4 is 4.90 Å². The molecule has 13 aromatic rings. The maximum atomic E-state index is 5.58. The Bertz CT molecular complexity index is 4580. The van der Waals surface area contributed by atoms with Crippen molar-refractivity contribution in [2.45, 2.75) is 17.8 Å². The summed E-state index contributed by atoms with van der Waals surface area (Å²) in [6.45, 7) is 6.90. The first-order valence-corrected chi connectivity index (χ1v) is 28.7. The van der Waals surface area contributed by atoms with Crippen LogP contribution in [-0.4, -0.2) is 9.61 Å². The van der Waals surface area contributed by atoms with Gasteiger partial charge in [0.25, 0.3) is 0 Å². The molecule has 0 saturated heterocycles. The molecule has 0 aliphatic heterocycles. The van der Waals surface area contributed by atoms with Gasteiger partial charge in [0.05, 0.1) is 27.7 Å². The molecule has 3 nitrogen and oxygen atoms in total. The number of rotatable bonds is 12. The van der Waals surface area contributed by atoms with Gasteiger partial charge in [0.2, 0.25) is 0 Å². The summed E-state index contributed by atoms with van der Waals surface area (Å²) in [5.41, 5.74) is 23.7. The van der Waals surface area contributed by atoms with E-state index in [1.54, 1.807) is 0 Å².